The Bertz CT molecular complexity index is 419. The van der Waals surface area contributed by atoms with E-state index < -0.39 is 0 Å². The minimum absolute atomic E-state index is 0.158. The molecule has 0 spiro atoms. The van der Waals surface area contributed by atoms with E-state index in [4.69, 9.17) is 11.6 Å². The number of anilines is 1. The number of likely N-dealkylation sites (N-methyl/N-ethyl adjacent to an activating group) is 1. The van der Waals surface area contributed by atoms with Gasteiger partial charge >= 0.3 is 0 Å². The van der Waals surface area contributed by atoms with Crippen molar-refractivity contribution >= 4 is 23.2 Å². The summed E-state index contributed by atoms with van der Waals surface area (Å²) in [6.07, 6.45) is 0. The lowest BCUT2D eigenvalue weighted by Gasteiger charge is -2.34. The Balaban J connectivity index is 2.25. The molecule has 1 amide bonds. The second-order valence-corrected chi connectivity index (χ2v) is 4.53. The fourth-order valence-electron chi connectivity index (χ4n) is 1.90. The first-order valence-corrected chi connectivity index (χ1v) is 5.71. The average Bonchev–Trinajstić information content (AvgIpc) is 2.26. The third-order valence-corrected chi connectivity index (χ3v) is 3.45. The van der Waals surface area contributed by atoms with E-state index in [0.717, 1.165) is 29.4 Å². The van der Waals surface area contributed by atoms with Gasteiger partial charge in [-0.1, -0.05) is 17.7 Å². The Labute approximate surface area is 101 Å². The molecule has 0 radical (unpaired) electrons. The summed E-state index contributed by atoms with van der Waals surface area (Å²) in [5, 5.41) is 0.754. The first-order valence-electron chi connectivity index (χ1n) is 5.33. The highest BCUT2D eigenvalue weighted by Gasteiger charge is 2.22. The van der Waals surface area contributed by atoms with Gasteiger partial charge in [0.15, 0.2) is 0 Å². The molecule has 0 unspecified atom stereocenters. The largest absolute Gasteiger partial charge is 0.360 e. The Morgan fingerprint density at radius 2 is 2.06 bits per heavy atom. The summed E-state index contributed by atoms with van der Waals surface area (Å²) in [7, 11) is 1.84. The van der Waals surface area contributed by atoms with Gasteiger partial charge in [0.1, 0.15) is 0 Å². The Morgan fingerprint density at radius 3 is 2.75 bits per heavy atom. The van der Waals surface area contributed by atoms with Crippen molar-refractivity contribution in [3.63, 3.8) is 0 Å². The minimum atomic E-state index is 0.158. The summed E-state index contributed by atoms with van der Waals surface area (Å²) in [5.74, 6) is 0.158. The number of benzene rings is 1. The first kappa shape index (κ1) is 11.3. The van der Waals surface area contributed by atoms with Crippen LogP contribution in [0.25, 0.3) is 0 Å². The normalized spacial score (nSPS) is 16.8. The van der Waals surface area contributed by atoms with Crippen molar-refractivity contribution in [1.29, 1.82) is 0 Å². The Morgan fingerprint density at radius 1 is 1.31 bits per heavy atom. The standard InChI is InChI=1S/C12H15ClN2O/c1-9-10(13)4-3-5-11(9)15-7-6-14(2)12(16)8-15/h3-5H,6-8H2,1-2H3. The van der Waals surface area contributed by atoms with Crippen molar-refractivity contribution in [1.82, 2.24) is 4.90 Å². The van der Waals surface area contributed by atoms with Crippen LogP contribution < -0.4 is 4.90 Å². The summed E-state index contributed by atoms with van der Waals surface area (Å²) in [6, 6.07) is 5.81. The smallest absolute Gasteiger partial charge is 0.241 e. The number of amides is 1. The van der Waals surface area contributed by atoms with Gasteiger partial charge in [0, 0.05) is 30.8 Å². The third-order valence-electron chi connectivity index (χ3n) is 3.04. The van der Waals surface area contributed by atoms with E-state index in [1.807, 2.05) is 32.2 Å². The number of carbonyl (C=O) groups is 1. The van der Waals surface area contributed by atoms with Gasteiger partial charge < -0.3 is 9.80 Å². The fourth-order valence-corrected chi connectivity index (χ4v) is 2.07. The quantitative estimate of drug-likeness (QED) is 0.747. The molecule has 1 aromatic rings. The van der Waals surface area contributed by atoms with Crippen LogP contribution >= 0.6 is 11.6 Å². The molecule has 2 rings (SSSR count). The molecule has 86 valence electrons. The van der Waals surface area contributed by atoms with Crippen LogP contribution in [-0.4, -0.2) is 37.5 Å². The molecule has 1 aromatic carbocycles. The highest BCUT2D eigenvalue weighted by molar-refractivity contribution is 6.31. The number of carbonyl (C=O) groups excluding carboxylic acids is 1. The molecule has 0 saturated carbocycles. The highest BCUT2D eigenvalue weighted by Crippen LogP contribution is 2.27. The van der Waals surface area contributed by atoms with Crippen LogP contribution in [0.1, 0.15) is 5.56 Å². The molecule has 3 nitrogen and oxygen atoms in total. The SMILES string of the molecule is Cc1c(Cl)cccc1N1CCN(C)C(=O)C1. The number of rotatable bonds is 1. The third kappa shape index (κ3) is 2.00. The summed E-state index contributed by atoms with van der Waals surface area (Å²) in [5.41, 5.74) is 2.11. The molecule has 0 aromatic heterocycles. The van der Waals surface area contributed by atoms with E-state index >= 15 is 0 Å². The molecule has 1 saturated heterocycles. The van der Waals surface area contributed by atoms with Gasteiger partial charge in [-0.05, 0) is 24.6 Å². The molecule has 1 aliphatic rings. The lowest BCUT2D eigenvalue weighted by Crippen LogP contribution is -2.48. The number of piperazine rings is 1. The molecule has 0 N–H and O–H groups in total. The van der Waals surface area contributed by atoms with Gasteiger partial charge in [0.2, 0.25) is 5.91 Å². The summed E-state index contributed by atoms with van der Waals surface area (Å²) < 4.78 is 0. The molecule has 4 heteroatoms. The molecular formula is C12H15ClN2O. The monoisotopic (exact) mass is 238 g/mol. The van der Waals surface area contributed by atoms with Crippen molar-refractivity contribution in [3.8, 4) is 0 Å². The van der Waals surface area contributed by atoms with Crippen LogP contribution in [0.15, 0.2) is 18.2 Å². The number of halogens is 1. The van der Waals surface area contributed by atoms with E-state index in [0.29, 0.717) is 6.54 Å². The predicted octanol–water partition coefficient (Wildman–Crippen LogP) is 1.93. The van der Waals surface area contributed by atoms with E-state index in [2.05, 4.69) is 4.90 Å². The van der Waals surface area contributed by atoms with Crippen LogP contribution in [0.3, 0.4) is 0 Å². The van der Waals surface area contributed by atoms with Crippen LogP contribution in [0.2, 0.25) is 5.02 Å². The molecule has 1 heterocycles. The molecule has 0 bridgehead atoms. The van der Waals surface area contributed by atoms with Crippen molar-refractivity contribution in [2.75, 3.05) is 31.6 Å². The van der Waals surface area contributed by atoms with Crippen LogP contribution in [0.5, 0.6) is 0 Å². The topological polar surface area (TPSA) is 23.6 Å². The maximum atomic E-state index is 11.6. The fraction of sp³-hybridized carbons (Fsp3) is 0.417. The van der Waals surface area contributed by atoms with Crippen molar-refractivity contribution in [3.05, 3.63) is 28.8 Å². The van der Waals surface area contributed by atoms with Gasteiger partial charge in [-0.3, -0.25) is 4.79 Å². The summed E-state index contributed by atoms with van der Waals surface area (Å²) >= 11 is 6.08. The van der Waals surface area contributed by atoms with Crippen molar-refractivity contribution < 1.29 is 4.79 Å². The molecule has 0 atom stereocenters. The van der Waals surface area contributed by atoms with E-state index in [9.17, 15) is 4.79 Å². The van der Waals surface area contributed by atoms with Crippen LogP contribution in [0.4, 0.5) is 5.69 Å². The molecule has 16 heavy (non-hydrogen) atoms. The molecular weight excluding hydrogens is 224 g/mol. The number of nitrogens with zero attached hydrogens (tertiary/aromatic N) is 2. The number of hydrogen-bond donors (Lipinski definition) is 0. The van der Waals surface area contributed by atoms with E-state index in [-0.39, 0.29) is 5.91 Å². The average molecular weight is 239 g/mol. The van der Waals surface area contributed by atoms with E-state index in [1.54, 1.807) is 4.90 Å². The minimum Gasteiger partial charge on any atom is -0.360 e. The molecule has 0 aliphatic carbocycles. The van der Waals surface area contributed by atoms with Crippen LogP contribution in [-0.2, 0) is 4.79 Å². The summed E-state index contributed by atoms with van der Waals surface area (Å²) in [4.78, 5) is 15.5. The van der Waals surface area contributed by atoms with E-state index in [1.165, 1.54) is 0 Å². The number of hydrogen-bond acceptors (Lipinski definition) is 2. The molecule has 1 fully saturated rings. The van der Waals surface area contributed by atoms with Gasteiger partial charge in [-0.2, -0.15) is 0 Å². The lowest BCUT2D eigenvalue weighted by atomic mass is 10.1. The Kier molecular flexibility index (Phi) is 3.06. The zero-order chi connectivity index (χ0) is 11.7. The van der Waals surface area contributed by atoms with Gasteiger partial charge in [0.05, 0.1) is 6.54 Å². The lowest BCUT2D eigenvalue weighted by molar-refractivity contribution is -0.129. The maximum absolute atomic E-state index is 11.6. The van der Waals surface area contributed by atoms with Gasteiger partial charge in [-0.15, -0.1) is 0 Å². The van der Waals surface area contributed by atoms with Crippen LogP contribution in [0, 0.1) is 6.92 Å². The first-order chi connectivity index (χ1) is 7.59. The second-order valence-electron chi connectivity index (χ2n) is 4.12. The molecule has 1 aliphatic heterocycles. The second kappa shape index (κ2) is 4.34. The van der Waals surface area contributed by atoms with Gasteiger partial charge in [0.25, 0.3) is 0 Å². The van der Waals surface area contributed by atoms with Crippen molar-refractivity contribution in [2.24, 2.45) is 0 Å². The van der Waals surface area contributed by atoms with Gasteiger partial charge in [-0.25, -0.2) is 0 Å². The highest BCUT2D eigenvalue weighted by atomic mass is 35.5. The summed E-state index contributed by atoms with van der Waals surface area (Å²) in [6.45, 7) is 4.06. The zero-order valence-corrected chi connectivity index (χ0v) is 10.3. The zero-order valence-electron chi connectivity index (χ0n) is 9.53. The predicted molar refractivity (Wildman–Crippen MR) is 66.0 cm³/mol. The maximum Gasteiger partial charge on any atom is 0.241 e. The van der Waals surface area contributed by atoms with Crippen molar-refractivity contribution in [2.45, 2.75) is 6.92 Å². The Hall–Kier alpha value is -1.22.